The van der Waals surface area contributed by atoms with Crippen molar-refractivity contribution in [3.05, 3.63) is 89.4 Å². The van der Waals surface area contributed by atoms with Crippen molar-refractivity contribution in [2.75, 3.05) is 18.0 Å². The van der Waals surface area contributed by atoms with Gasteiger partial charge in [0.05, 0.1) is 22.7 Å². The normalized spacial score (nSPS) is 14.4. The van der Waals surface area contributed by atoms with Crippen LogP contribution in [0.1, 0.15) is 38.2 Å². The zero-order valence-corrected chi connectivity index (χ0v) is 24.2. The minimum Gasteiger partial charge on any atom is -0.495 e. The number of hydrogen-bond donors (Lipinski definition) is 1. The molecular formula is C30H34ClN3O5S. The zero-order chi connectivity index (χ0) is 28.7. The van der Waals surface area contributed by atoms with E-state index >= 15 is 0 Å². The Kier molecular flexibility index (Phi) is 9.71. The predicted molar refractivity (Wildman–Crippen MR) is 156 cm³/mol. The van der Waals surface area contributed by atoms with Crippen molar-refractivity contribution in [2.24, 2.45) is 0 Å². The van der Waals surface area contributed by atoms with Crippen molar-refractivity contribution in [1.82, 2.24) is 10.2 Å². The maximum Gasteiger partial charge on any atom is 0.264 e. The molecule has 0 heterocycles. The van der Waals surface area contributed by atoms with E-state index in [4.69, 9.17) is 16.3 Å². The fourth-order valence-corrected chi connectivity index (χ4v) is 6.49. The molecule has 0 bridgehead atoms. The maximum absolute atomic E-state index is 14.0. The molecule has 3 aromatic rings. The van der Waals surface area contributed by atoms with E-state index in [0.717, 1.165) is 35.6 Å². The Hall–Kier alpha value is -3.56. The standard InChI is InChI=1S/C30H34ClN3O5S/c1-22(30(36)32-24-13-9-10-14-24)33(20-23-11-5-3-6-12-23)29(35)21-34(25-17-18-28(39-2)27(31)19-25)40(37,38)26-15-7-4-8-16-26/h3-8,11-12,15-19,22,24H,9-10,13-14,20-21H2,1-2H3,(H,32,36)/t22-/m1/s1. The Morgan fingerprint density at radius 2 is 1.62 bits per heavy atom. The second-order valence-corrected chi connectivity index (χ2v) is 12.1. The Bertz CT molecular complexity index is 1410. The molecule has 1 N–H and O–H groups in total. The van der Waals surface area contributed by atoms with E-state index in [2.05, 4.69) is 5.32 Å². The second kappa shape index (κ2) is 13.2. The van der Waals surface area contributed by atoms with E-state index in [0.29, 0.717) is 5.75 Å². The van der Waals surface area contributed by atoms with Gasteiger partial charge in [-0.05, 0) is 55.7 Å². The van der Waals surface area contributed by atoms with Gasteiger partial charge < -0.3 is 15.0 Å². The number of sulfonamides is 1. The summed E-state index contributed by atoms with van der Waals surface area (Å²) in [5, 5.41) is 3.27. The van der Waals surface area contributed by atoms with Crippen LogP contribution in [0, 0.1) is 0 Å². The number of nitrogens with zero attached hydrogens (tertiary/aromatic N) is 2. The highest BCUT2D eigenvalue weighted by atomic mass is 35.5. The highest BCUT2D eigenvalue weighted by Crippen LogP contribution is 2.32. The van der Waals surface area contributed by atoms with Gasteiger partial charge >= 0.3 is 0 Å². The van der Waals surface area contributed by atoms with E-state index in [9.17, 15) is 18.0 Å². The zero-order valence-electron chi connectivity index (χ0n) is 22.6. The second-order valence-electron chi connectivity index (χ2n) is 9.82. The van der Waals surface area contributed by atoms with Crippen molar-refractivity contribution in [2.45, 2.75) is 56.1 Å². The van der Waals surface area contributed by atoms with Crippen LogP contribution in [-0.2, 0) is 26.2 Å². The van der Waals surface area contributed by atoms with Crippen LogP contribution in [0.2, 0.25) is 5.02 Å². The lowest BCUT2D eigenvalue weighted by Crippen LogP contribution is -2.52. The van der Waals surface area contributed by atoms with Crippen LogP contribution in [0.5, 0.6) is 5.75 Å². The molecule has 0 saturated heterocycles. The first-order valence-corrected chi connectivity index (χ1v) is 15.1. The van der Waals surface area contributed by atoms with Gasteiger partial charge in [0.25, 0.3) is 10.0 Å². The highest BCUT2D eigenvalue weighted by Gasteiger charge is 2.33. The quantitative estimate of drug-likeness (QED) is 0.342. The minimum absolute atomic E-state index is 0.0244. The van der Waals surface area contributed by atoms with Crippen molar-refractivity contribution in [1.29, 1.82) is 0 Å². The smallest absolute Gasteiger partial charge is 0.264 e. The summed E-state index contributed by atoms with van der Waals surface area (Å²) in [6.45, 7) is 1.28. The molecule has 1 aliphatic carbocycles. The lowest BCUT2D eigenvalue weighted by atomic mass is 10.1. The van der Waals surface area contributed by atoms with Crippen LogP contribution < -0.4 is 14.4 Å². The van der Waals surface area contributed by atoms with Crippen molar-refractivity contribution in [3.8, 4) is 5.75 Å². The number of methoxy groups -OCH3 is 1. The molecule has 0 aromatic heterocycles. The first kappa shape index (κ1) is 29.4. The van der Waals surface area contributed by atoms with Crippen LogP contribution in [0.3, 0.4) is 0 Å². The minimum atomic E-state index is -4.17. The Balaban J connectivity index is 1.69. The van der Waals surface area contributed by atoms with E-state index in [1.807, 2.05) is 30.3 Å². The lowest BCUT2D eigenvalue weighted by molar-refractivity contribution is -0.139. The summed E-state index contributed by atoms with van der Waals surface area (Å²) in [5.41, 5.74) is 1.02. The summed E-state index contributed by atoms with van der Waals surface area (Å²) in [5.74, 6) is -0.415. The molecule has 0 aliphatic heterocycles. The number of amides is 2. The third-order valence-electron chi connectivity index (χ3n) is 7.10. The Morgan fingerprint density at radius 3 is 2.23 bits per heavy atom. The number of ether oxygens (including phenoxy) is 1. The molecule has 0 spiro atoms. The number of nitrogens with one attached hydrogen (secondary N) is 1. The third kappa shape index (κ3) is 6.95. The molecule has 3 aromatic carbocycles. The average Bonchev–Trinajstić information content (AvgIpc) is 3.48. The topological polar surface area (TPSA) is 96.0 Å². The molecule has 4 rings (SSSR count). The first-order chi connectivity index (χ1) is 19.2. The molecule has 1 fully saturated rings. The van der Waals surface area contributed by atoms with Gasteiger partial charge in [-0.25, -0.2) is 8.42 Å². The molecule has 0 radical (unpaired) electrons. The molecule has 0 unspecified atom stereocenters. The summed E-state index contributed by atoms with van der Waals surface area (Å²) >= 11 is 6.35. The van der Waals surface area contributed by atoms with Crippen molar-refractivity contribution >= 4 is 39.1 Å². The third-order valence-corrected chi connectivity index (χ3v) is 9.18. The fourth-order valence-electron chi connectivity index (χ4n) is 4.81. The molecule has 2 amide bonds. The number of carbonyl (C=O) groups excluding carboxylic acids is 2. The summed E-state index contributed by atoms with van der Waals surface area (Å²) in [6.07, 6.45) is 3.93. The van der Waals surface area contributed by atoms with E-state index in [1.165, 1.54) is 36.3 Å². The van der Waals surface area contributed by atoms with Gasteiger partial charge in [0.1, 0.15) is 18.3 Å². The van der Waals surface area contributed by atoms with E-state index in [-0.39, 0.29) is 34.1 Å². The van der Waals surface area contributed by atoms with Crippen molar-refractivity contribution in [3.63, 3.8) is 0 Å². The maximum atomic E-state index is 14.0. The summed E-state index contributed by atoms with van der Waals surface area (Å²) in [4.78, 5) is 28.7. The van der Waals surface area contributed by atoms with E-state index in [1.54, 1.807) is 31.2 Å². The van der Waals surface area contributed by atoms with Gasteiger partial charge in [-0.1, -0.05) is 73.0 Å². The molecule has 1 saturated carbocycles. The fraction of sp³-hybridized carbons (Fsp3) is 0.333. The molecule has 8 nitrogen and oxygen atoms in total. The molecule has 212 valence electrons. The molecular weight excluding hydrogens is 550 g/mol. The molecule has 1 aliphatic rings. The van der Waals surface area contributed by atoms with Crippen LogP contribution in [0.4, 0.5) is 5.69 Å². The Morgan fingerprint density at radius 1 is 1.00 bits per heavy atom. The number of halogens is 1. The van der Waals surface area contributed by atoms with Gasteiger partial charge in [0.2, 0.25) is 11.8 Å². The largest absolute Gasteiger partial charge is 0.495 e. The first-order valence-electron chi connectivity index (χ1n) is 13.3. The van der Waals surface area contributed by atoms with Crippen LogP contribution in [-0.4, -0.2) is 50.9 Å². The molecule has 1 atom stereocenters. The molecule has 40 heavy (non-hydrogen) atoms. The number of rotatable bonds is 11. The van der Waals surface area contributed by atoms with Gasteiger partial charge in [0, 0.05) is 12.6 Å². The SMILES string of the molecule is COc1ccc(N(CC(=O)N(Cc2ccccc2)[C@H](C)C(=O)NC2CCCC2)S(=O)(=O)c2ccccc2)cc1Cl. The summed E-state index contributed by atoms with van der Waals surface area (Å²) in [7, 11) is -2.71. The number of benzene rings is 3. The van der Waals surface area contributed by atoms with Crippen LogP contribution in [0.15, 0.2) is 83.8 Å². The van der Waals surface area contributed by atoms with E-state index < -0.39 is 28.5 Å². The van der Waals surface area contributed by atoms with Gasteiger partial charge in [-0.2, -0.15) is 0 Å². The highest BCUT2D eigenvalue weighted by molar-refractivity contribution is 7.92. The molecule has 10 heteroatoms. The van der Waals surface area contributed by atoms with Gasteiger partial charge in [0.15, 0.2) is 0 Å². The Labute approximate surface area is 240 Å². The number of hydrogen-bond acceptors (Lipinski definition) is 5. The van der Waals surface area contributed by atoms with Gasteiger partial charge in [-0.3, -0.25) is 13.9 Å². The summed E-state index contributed by atoms with van der Waals surface area (Å²) < 4.78 is 34.0. The number of anilines is 1. The number of carbonyl (C=O) groups is 2. The average molecular weight is 584 g/mol. The van der Waals surface area contributed by atoms with Gasteiger partial charge in [-0.15, -0.1) is 0 Å². The predicted octanol–water partition coefficient (Wildman–Crippen LogP) is 5.02. The summed E-state index contributed by atoms with van der Waals surface area (Å²) in [6, 6.07) is 21.0. The van der Waals surface area contributed by atoms with Crippen LogP contribution in [0.25, 0.3) is 0 Å². The lowest BCUT2D eigenvalue weighted by Gasteiger charge is -2.32. The van der Waals surface area contributed by atoms with Crippen molar-refractivity contribution < 1.29 is 22.7 Å². The monoisotopic (exact) mass is 583 g/mol. The van der Waals surface area contributed by atoms with Crippen LogP contribution >= 0.6 is 11.6 Å².